The topological polar surface area (TPSA) is 79.6 Å². The molecular weight excluding hydrogens is 166 g/mol. The van der Waals surface area contributed by atoms with Crippen molar-refractivity contribution in [2.75, 3.05) is 11.1 Å². The van der Waals surface area contributed by atoms with Crippen molar-refractivity contribution in [2.45, 2.75) is 32.2 Å². The Morgan fingerprint density at radius 2 is 2.54 bits per heavy atom. The molecule has 1 aliphatic rings. The lowest BCUT2D eigenvalue weighted by Gasteiger charge is -1.98. The van der Waals surface area contributed by atoms with Gasteiger partial charge in [0, 0.05) is 6.04 Å². The molecule has 1 aliphatic carbocycles. The normalized spacial score (nSPS) is 25.9. The highest BCUT2D eigenvalue weighted by atomic mass is 15.3. The van der Waals surface area contributed by atoms with Crippen LogP contribution in [-0.2, 0) is 0 Å². The molecule has 72 valence electrons. The number of aromatic nitrogens is 3. The molecule has 5 heteroatoms. The molecule has 0 aromatic carbocycles. The number of rotatable bonds is 4. The van der Waals surface area contributed by atoms with Gasteiger partial charge in [-0.2, -0.15) is 4.98 Å². The maximum atomic E-state index is 5.40. The van der Waals surface area contributed by atoms with E-state index in [1.807, 2.05) is 0 Å². The van der Waals surface area contributed by atoms with Crippen LogP contribution in [0.1, 0.15) is 26.2 Å². The van der Waals surface area contributed by atoms with Gasteiger partial charge in [0.15, 0.2) is 0 Å². The number of hydrogen-bond donors (Lipinski definition) is 3. The number of nitrogens with zero attached hydrogens (tertiary/aromatic N) is 2. The highest BCUT2D eigenvalue weighted by Gasteiger charge is 2.36. The van der Waals surface area contributed by atoms with Gasteiger partial charge in [-0.25, -0.2) is 5.10 Å². The maximum absolute atomic E-state index is 5.40. The van der Waals surface area contributed by atoms with E-state index in [0.717, 1.165) is 5.92 Å². The highest BCUT2D eigenvalue weighted by Crippen LogP contribution is 2.36. The van der Waals surface area contributed by atoms with Crippen LogP contribution in [0.15, 0.2) is 0 Å². The Morgan fingerprint density at radius 1 is 1.69 bits per heavy atom. The van der Waals surface area contributed by atoms with E-state index in [0.29, 0.717) is 17.9 Å². The summed E-state index contributed by atoms with van der Waals surface area (Å²) >= 11 is 0. The van der Waals surface area contributed by atoms with Gasteiger partial charge in [-0.15, -0.1) is 5.10 Å². The third-order valence-corrected chi connectivity index (χ3v) is 2.40. The van der Waals surface area contributed by atoms with Crippen molar-refractivity contribution >= 4 is 11.9 Å². The monoisotopic (exact) mass is 181 g/mol. The molecule has 4 N–H and O–H groups in total. The van der Waals surface area contributed by atoms with E-state index in [2.05, 4.69) is 27.4 Å². The predicted molar refractivity (Wildman–Crippen MR) is 51.2 cm³/mol. The van der Waals surface area contributed by atoms with Crippen LogP contribution in [0.5, 0.6) is 0 Å². The summed E-state index contributed by atoms with van der Waals surface area (Å²) in [5.74, 6) is 1.81. The van der Waals surface area contributed by atoms with E-state index >= 15 is 0 Å². The van der Waals surface area contributed by atoms with Gasteiger partial charge in [0.25, 0.3) is 0 Å². The van der Waals surface area contributed by atoms with E-state index in [1.54, 1.807) is 0 Å². The van der Waals surface area contributed by atoms with Gasteiger partial charge in [0.05, 0.1) is 0 Å². The molecule has 0 saturated heterocycles. The number of nitrogens with two attached hydrogens (primary N) is 1. The molecule has 1 heterocycles. The number of H-pyrrole nitrogens is 1. The lowest BCUT2D eigenvalue weighted by atomic mass is 10.2. The number of hydrogen-bond acceptors (Lipinski definition) is 4. The zero-order valence-corrected chi connectivity index (χ0v) is 7.75. The fourth-order valence-electron chi connectivity index (χ4n) is 1.62. The third kappa shape index (κ3) is 1.91. The van der Waals surface area contributed by atoms with Crippen LogP contribution in [0.4, 0.5) is 11.9 Å². The van der Waals surface area contributed by atoms with Crippen LogP contribution >= 0.6 is 0 Å². The molecular formula is C8H15N5. The summed E-state index contributed by atoms with van der Waals surface area (Å²) < 4.78 is 0. The molecule has 2 rings (SSSR count). The Kier molecular flexibility index (Phi) is 2.08. The molecule has 13 heavy (non-hydrogen) atoms. The standard InChI is InChI=1S/C8H15N5/c1-2-3-5-4-6(5)10-8-11-7(9)12-13-8/h5-6H,2-4H2,1H3,(H4,9,10,11,12,13). The lowest BCUT2D eigenvalue weighted by molar-refractivity contribution is 0.691. The molecule has 0 amide bonds. The largest absolute Gasteiger partial charge is 0.368 e. The minimum Gasteiger partial charge on any atom is -0.368 e. The number of nitrogen functional groups attached to an aromatic ring is 1. The molecule has 0 aliphatic heterocycles. The van der Waals surface area contributed by atoms with Crippen LogP contribution in [0.3, 0.4) is 0 Å². The molecule has 1 aromatic heterocycles. The van der Waals surface area contributed by atoms with Crippen LogP contribution < -0.4 is 11.1 Å². The average Bonchev–Trinajstić information content (AvgIpc) is 2.66. The van der Waals surface area contributed by atoms with Gasteiger partial charge in [-0.1, -0.05) is 13.3 Å². The van der Waals surface area contributed by atoms with Gasteiger partial charge < -0.3 is 11.1 Å². The van der Waals surface area contributed by atoms with E-state index in [-0.39, 0.29) is 0 Å². The predicted octanol–water partition coefficient (Wildman–Crippen LogP) is 0.987. The first-order valence-electron chi connectivity index (χ1n) is 4.74. The summed E-state index contributed by atoms with van der Waals surface area (Å²) in [6, 6.07) is 0.565. The van der Waals surface area contributed by atoms with Gasteiger partial charge >= 0.3 is 0 Å². The Labute approximate surface area is 77.1 Å². The van der Waals surface area contributed by atoms with E-state index in [1.165, 1.54) is 19.3 Å². The van der Waals surface area contributed by atoms with Crippen LogP contribution in [0, 0.1) is 5.92 Å². The summed E-state index contributed by atoms with van der Waals surface area (Å²) in [4.78, 5) is 3.99. The zero-order chi connectivity index (χ0) is 9.26. The quantitative estimate of drug-likeness (QED) is 0.647. The smallest absolute Gasteiger partial charge is 0.243 e. The number of nitrogens with one attached hydrogen (secondary N) is 2. The highest BCUT2D eigenvalue weighted by molar-refractivity contribution is 5.33. The number of aromatic amines is 1. The van der Waals surface area contributed by atoms with Gasteiger partial charge in [-0.3, -0.25) is 0 Å². The molecule has 2 unspecified atom stereocenters. The molecule has 5 nitrogen and oxygen atoms in total. The summed E-state index contributed by atoms with van der Waals surface area (Å²) in [6.07, 6.45) is 3.78. The second-order valence-electron chi connectivity index (χ2n) is 3.58. The van der Waals surface area contributed by atoms with Crippen molar-refractivity contribution in [3.05, 3.63) is 0 Å². The maximum Gasteiger partial charge on any atom is 0.243 e. The Bertz CT molecular complexity index is 282. The summed E-state index contributed by atoms with van der Waals surface area (Å²) in [7, 11) is 0. The average molecular weight is 181 g/mol. The van der Waals surface area contributed by atoms with Crippen molar-refractivity contribution < 1.29 is 0 Å². The van der Waals surface area contributed by atoms with E-state index in [9.17, 15) is 0 Å². The summed E-state index contributed by atoms with van der Waals surface area (Å²) in [5, 5.41) is 9.76. The molecule has 1 saturated carbocycles. The van der Waals surface area contributed by atoms with Crippen molar-refractivity contribution in [3.63, 3.8) is 0 Å². The minimum absolute atomic E-state index is 0.371. The summed E-state index contributed by atoms with van der Waals surface area (Å²) in [6.45, 7) is 2.21. The fourth-order valence-corrected chi connectivity index (χ4v) is 1.62. The van der Waals surface area contributed by atoms with E-state index in [4.69, 9.17) is 5.73 Å². The van der Waals surface area contributed by atoms with Crippen molar-refractivity contribution in [1.29, 1.82) is 0 Å². The van der Waals surface area contributed by atoms with Gasteiger partial charge in [0.1, 0.15) is 0 Å². The first-order valence-corrected chi connectivity index (χ1v) is 4.74. The summed E-state index contributed by atoms with van der Waals surface area (Å²) in [5.41, 5.74) is 5.40. The first kappa shape index (κ1) is 8.34. The second kappa shape index (κ2) is 3.24. The van der Waals surface area contributed by atoms with Crippen LogP contribution in [0.2, 0.25) is 0 Å². The minimum atomic E-state index is 0.371. The Balaban J connectivity index is 1.81. The molecule has 2 atom stereocenters. The number of anilines is 2. The van der Waals surface area contributed by atoms with Crippen molar-refractivity contribution in [1.82, 2.24) is 15.2 Å². The van der Waals surface area contributed by atoms with Crippen LogP contribution in [0.25, 0.3) is 0 Å². The first-order chi connectivity index (χ1) is 6.29. The molecule has 0 spiro atoms. The van der Waals surface area contributed by atoms with Gasteiger partial charge in [-0.05, 0) is 18.8 Å². The van der Waals surface area contributed by atoms with Crippen LogP contribution in [-0.4, -0.2) is 21.2 Å². The second-order valence-corrected chi connectivity index (χ2v) is 3.58. The third-order valence-electron chi connectivity index (χ3n) is 2.40. The molecule has 1 fully saturated rings. The Hall–Kier alpha value is -1.26. The fraction of sp³-hybridized carbons (Fsp3) is 0.750. The SMILES string of the molecule is CCCC1CC1Nc1n[nH]c(N)n1. The molecule has 0 bridgehead atoms. The van der Waals surface area contributed by atoms with Crippen molar-refractivity contribution in [3.8, 4) is 0 Å². The van der Waals surface area contributed by atoms with Gasteiger partial charge in [0.2, 0.25) is 11.9 Å². The Morgan fingerprint density at radius 3 is 3.15 bits per heavy atom. The van der Waals surface area contributed by atoms with E-state index < -0.39 is 0 Å². The molecule has 1 aromatic rings. The van der Waals surface area contributed by atoms with Crippen molar-refractivity contribution in [2.24, 2.45) is 5.92 Å². The molecule has 0 radical (unpaired) electrons. The zero-order valence-electron chi connectivity index (χ0n) is 7.75. The lowest BCUT2D eigenvalue weighted by Crippen LogP contribution is -2.05.